The largest absolute Gasteiger partial charge is 0.345 e. The highest BCUT2D eigenvalue weighted by molar-refractivity contribution is 5.95. The van der Waals surface area contributed by atoms with Crippen molar-refractivity contribution in [3.63, 3.8) is 0 Å². The lowest BCUT2D eigenvalue weighted by Crippen LogP contribution is -2.26. The molecular weight excluding hydrogens is 290 g/mol. The quantitative estimate of drug-likeness (QED) is 0.889. The molecule has 0 unspecified atom stereocenters. The minimum Gasteiger partial charge on any atom is -0.345 e. The maximum Gasteiger partial charge on any atom is 0.252 e. The third kappa shape index (κ3) is 2.85. The van der Waals surface area contributed by atoms with Crippen molar-refractivity contribution in [1.82, 2.24) is 25.1 Å². The van der Waals surface area contributed by atoms with Gasteiger partial charge in [-0.25, -0.2) is 0 Å². The third-order valence-corrected chi connectivity index (χ3v) is 4.58. The predicted molar refractivity (Wildman–Crippen MR) is 85.1 cm³/mol. The number of amides is 1. The molecule has 1 N–H and O–H groups in total. The van der Waals surface area contributed by atoms with Gasteiger partial charge in [0.15, 0.2) is 5.82 Å². The lowest BCUT2D eigenvalue weighted by molar-refractivity contribution is 0.0948. The number of carbonyl (C=O) groups is 1. The molecule has 0 spiro atoms. The highest BCUT2D eigenvalue weighted by Crippen LogP contribution is 2.44. The number of nitrogens with one attached hydrogen (secondary N) is 1. The smallest absolute Gasteiger partial charge is 0.252 e. The van der Waals surface area contributed by atoms with E-state index in [0.717, 1.165) is 23.6 Å². The molecule has 2 heterocycles. The third-order valence-electron chi connectivity index (χ3n) is 4.58. The van der Waals surface area contributed by atoms with Gasteiger partial charge in [0.05, 0.1) is 6.54 Å². The summed E-state index contributed by atoms with van der Waals surface area (Å²) >= 11 is 0. The zero-order valence-electron chi connectivity index (χ0n) is 13.3. The summed E-state index contributed by atoms with van der Waals surface area (Å²) < 4.78 is 2.27. The van der Waals surface area contributed by atoms with Crippen LogP contribution in [0, 0.1) is 0 Å². The van der Waals surface area contributed by atoms with Crippen LogP contribution in [0.15, 0.2) is 18.5 Å². The highest BCUT2D eigenvalue weighted by Gasteiger charge is 2.36. The van der Waals surface area contributed by atoms with Crippen molar-refractivity contribution in [2.24, 2.45) is 0 Å². The number of aromatic nitrogens is 4. The first-order valence-corrected chi connectivity index (χ1v) is 8.42. The van der Waals surface area contributed by atoms with E-state index in [2.05, 4.69) is 25.1 Å². The van der Waals surface area contributed by atoms with Crippen LogP contribution in [0.25, 0.3) is 0 Å². The van der Waals surface area contributed by atoms with Gasteiger partial charge in [0, 0.05) is 29.9 Å². The summed E-state index contributed by atoms with van der Waals surface area (Å²) in [5.41, 5.74) is 1.66. The van der Waals surface area contributed by atoms with Gasteiger partial charge in [-0.1, -0.05) is 6.92 Å². The van der Waals surface area contributed by atoms with Gasteiger partial charge in [0.2, 0.25) is 0 Å². The first-order valence-electron chi connectivity index (χ1n) is 8.42. The zero-order chi connectivity index (χ0) is 15.8. The van der Waals surface area contributed by atoms with E-state index >= 15 is 0 Å². The summed E-state index contributed by atoms with van der Waals surface area (Å²) in [6, 6.07) is 2.31. The van der Waals surface area contributed by atoms with Crippen molar-refractivity contribution in [2.45, 2.75) is 57.5 Å². The van der Waals surface area contributed by atoms with Crippen molar-refractivity contribution in [3.8, 4) is 0 Å². The number of aryl methyl sites for hydroxylation is 1. The van der Waals surface area contributed by atoms with E-state index in [1.807, 2.05) is 6.92 Å². The number of carbonyl (C=O) groups excluding carboxylic acids is 1. The number of nitrogens with zero attached hydrogens (tertiary/aromatic N) is 4. The second-order valence-electron chi connectivity index (χ2n) is 6.42. The molecule has 120 valence electrons. The van der Waals surface area contributed by atoms with Gasteiger partial charge in [-0.2, -0.15) is 0 Å². The molecule has 6 nitrogen and oxygen atoms in total. The molecule has 0 radical (unpaired) electrons. The molecule has 2 aromatic rings. The Kier molecular flexibility index (Phi) is 3.59. The molecule has 2 aliphatic carbocycles. The molecule has 2 aromatic heterocycles. The molecule has 0 aliphatic heterocycles. The first kappa shape index (κ1) is 14.4. The Hall–Kier alpha value is -2.24. The van der Waals surface area contributed by atoms with Crippen LogP contribution in [0.5, 0.6) is 0 Å². The summed E-state index contributed by atoms with van der Waals surface area (Å²) in [7, 11) is 0. The standard InChI is InChI=1S/C17H21N5O/c1-2-11-9-18-8-7-14(11)17(23)19-10-15-20-21-16(12-3-4-12)22(15)13-5-6-13/h7-9,12-13H,2-6,10H2,1H3,(H,19,23). The van der Waals surface area contributed by atoms with E-state index in [1.165, 1.54) is 25.7 Å². The normalized spacial score (nSPS) is 17.3. The minimum absolute atomic E-state index is 0.0671. The molecule has 0 saturated heterocycles. The molecule has 0 atom stereocenters. The number of hydrogen-bond acceptors (Lipinski definition) is 4. The van der Waals surface area contributed by atoms with Gasteiger partial charge in [-0.3, -0.25) is 9.78 Å². The van der Waals surface area contributed by atoms with Crippen molar-refractivity contribution < 1.29 is 4.79 Å². The fourth-order valence-corrected chi connectivity index (χ4v) is 2.99. The molecule has 2 aliphatic rings. The second kappa shape index (κ2) is 5.76. The van der Waals surface area contributed by atoms with Gasteiger partial charge >= 0.3 is 0 Å². The highest BCUT2D eigenvalue weighted by atomic mass is 16.1. The van der Waals surface area contributed by atoms with Crippen molar-refractivity contribution in [3.05, 3.63) is 41.2 Å². The van der Waals surface area contributed by atoms with Crippen LogP contribution in [-0.2, 0) is 13.0 Å². The Bertz CT molecular complexity index is 730. The van der Waals surface area contributed by atoms with Crippen molar-refractivity contribution >= 4 is 5.91 Å². The molecule has 2 saturated carbocycles. The topological polar surface area (TPSA) is 72.7 Å². The van der Waals surface area contributed by atoms with Crippen LogP contribution in [0.3, 0.4) is 0 Å². The molecule has 1 amide bonds. The Morgan fingerprint density at radius 1 is 1.30 bits per heavy atom. The van der Waals surface area contributed by atoms with Gasteiger partial charge < -0.3 is 9.88 Å². The maximum absolute atomic E-state index is 12.5. The van der Waals surface area contributed by atoms with E-state index < -0.39 is 0 Å². The second-order valence-corrected chi connectivity index (χ2v) is 6.42. The van der Waals surface area contributed by atoms with E-state index in [4.69, 9.17) is 0 Å². The summed E-state index contributed by atoms with van der Waals surface area (Å²) in [5.74, 6) is 2.52. The Morgan fingerprint density at radius 2 is 2.13 bits per heavy atom. The summed E-state index contributed by atoms with van der Waals surface area (Å²) in [5, 5.41) is 11.7. The Balaban J connectivity index is 1.50. The molecule has 4 rings (SSSR count). The van der Waals surface area contributed by atoms with Crippen LogP contribution in [0.2, 0.25) is 0 Å². The van der Waals surface area contributed by atoms with Crippen LogP contribution in [0.4, 0.5) is 0 Å². The van der Waals surface area contributed by atoms with Crippen molar-refractivity contribution in [1.29, 1.82) is 0 Å². The maximum atomic E-state index is 12.5. The lowest BCUT2D eigenvalue weighted by Gasteiger charge is -2.10. The van der Waals surface area contributed by atoms with Gasteiger partial charge in [-0.05, 0) is 43.7 Å². The predicted octanol–water partition coefficient (Wildman–Crippen LogP) is 2.38. The average Bonchev–Trinajstić information content (AvgIpc) is 3.51. The molecule has 23 heavy (non-hydrogen) atoms. The fraction of sp³-hybridized carbons (Fsp3) is 0.529. The number of pyridine rings is 1. The van der Waals surface area contributed by atoms with E-state index in [9.17, 15) is 4.79 Å². The lowest BCUT2D eigenvalue weighted by atomic mass is 10.1. The van der Waals surface area contributed by atoms with E-state index in [1.54, 1.807) is 18.5 Å². The number of hydrogen-bond donors (Lipinski definition) is 1. The summed E-state index contributed by atoms with van der Waals surface area (Å²) in [6.45, 7) is 2.46. The minimum atomic E-state index is -0.0671. The van der Waals surface area contributed by atoms with Gasteiger partial charge in [0.1, 0.15) is 5.82 Å². The first-order chi connectivity index (χ1) is 11.3. The van der Waals surface area contributed by atoms with Crippen molar-refractivity contribution in [2.75, 3.05) is 0 Å². The van der Waals surface area contributed by atoms with Gasteiger partial charge in [0.25, 0.3) is 5.91 Å². The van der Waals surface area contributed by atoms with Crippen LogP contribution < -0.4 is 5.32 Å². The average molecular weight is 311 g/mol. The summed E-state index contributed by atoms with van der Waals surface area (Å²) in [6.07, 6.45) is 9.04. The zero-order valence-corrected chi connectivity index (χ0v) is 13.3. The molecular formula is C17H21N5O. The monoisotopic (exact) mass is 311 g/mol. The van der Waals surface area contributed by atoms with Gasteiger partial charge in [-0.15, -0.1) is 10.2 Å². The SMILES string of the molecule is CCc1cnccc1C(=O)NCc1nnc(C2CC2)n1C1CC1. The van der Waals surface area contributed by atoms with Crippen LogP contribution in [-0.4, -0.2) is 25.7 Å². The Morgan fingerprint density at radius 3 is 2.83 bits per heavy atom. The molecule has 6 heteroatoms. The van der Waals surface area contributed by atoms with Crippen LogP contribution in [0.1, 0.15) is 72.1 Å². The molecule has 0 aromatic carbocycles. The summed E-state index contributed by atoms with van der Waals surface area (Å²) in [4.78, 5) is 16.5. The fourth-order valence-electron chi connectivity index (χ4n) is 2.99. The molecule has 0 bridgehead atoms. The van der Waals surface area contributed by atoms with E-state index in [0.29, 0.717) is 24.1 Å². The van der Waals surface area contributed by atoms with E-state index in [-0.39, 0.29) is 5.91 Å². The Labute approximate surface area is 135 Å². The van der Waals surface area contributed by atoms with Crippen LogP contribution >= 0.6 is 0 Å². The number of rotatable bonds is 6. The molecule has 2 fully saturated rings.